The Balaban J connectivity index is 2.13. The fourth-order valence-corrected chi connectivity index (χ4v) is 2.77. The molecule has 1 aliphatic rings. The molecule has 0 unspecified atom stereocenters. The van der Waals surface area contributed by atoms with Gasteiger partial charge >= 0.3 is 0 Å². The van der Waals surface area contributed by atoms with Gasteiger partial charge in [-0.05, 0) is 36.6 Å². The van der Waals surface area contributed by atoms with Crippen molar-refractivity contribution in [3.8, 4) is 11.3 Å². The molecule has 1 N–H and O–H groups in total. The maximum Gasteiger partial charge on any atom is 0.0691 e. The van der Waals surface area contributed by atoms with E-state index in [9.17, 15) is 5.11 Å². The number of benzene rings is 1. The van der Waals surface area contributed by atoms with Crippen LogP contribution in [0.2, 0.25) is 0 Å². The van der Waals surface area contributed by atoms with Gasteiger partial charge in [0.1, 0.15) is 0 Å². The second-order valence-electron chi connectivity index (χ2n) is 4.97. The minimum atomic E-state index is -0.305. The van der Waals surface area contributed by atoms with Crippen molar-refractivity contribution in [3.63, 3.8) is 0 Å². The third kappa shape index (κ3) is 1.60. The lowest BCUT2D eigenvalue weighted by molar-refractivity contribution is 0.174. The van der Waals surface area contributed by atoms with Crippen LogP contribution < -0.4 is 0 Å². The molecule has 88 valence electrons. The number of nitrogens with zero attached hydrogens (tertiary/aromatic N) is 1. The van der Waals surface area contributed by atoms with Gasteiger partial charge in [-0.25, -0.2) is 0 Å². The fourth-order valence-electron chi connectivity index (χ4n) is 2.77. The summed E-state index contributed by atoms with van der Waals surface area (Å²) in [6.45, 7) is 4.67. The van der Waals surface area contributed by atoms with Crippen LogP contribution in [0.3, 0.4) is 0 Å². The molecule has 0 saturated carbocycles. The molecule has 2 nitrogen and oxygen atoms in total. The quantitative estimate of drug-likeness (QED) is 0.715. The summed E-state index contributed by atoms with van der Waals surface area (Å²) in [5.41, 5.74) is 6.82. The molecule has 1 heterocycles. The number of rotatable bonds is 2. The highest BCUT2D eigenvalue weighted by Gasteiger charge is 2.23. The van der Waals surface area contributed by atoms with Crippen molar-refractivity contribution < 1.29 is 5.11 Å². The van der Waals surface area contributed by atoms with Crippen LogP contribution >= 0.6 is 0 Å². The Morgan fingerprint density at radius 2 is 2.18 bits per heavy atom. The SMILES string of the molecule is Cc1cccc2c1Cc1ccn(C[C@H](C)O)c1-2. The molecule has 0 aliphatic heterocycles. The minimum absolute atomic E-state index is 0.305. The zero-order valence-corrected chi connectivity index (χ0v) is 10.3. The number of aliphatic hydroxyl groups excluding tert-OH is 1. The summed E-state index contributed by atoms with van der Waals surface area (Å²) in [5, 5.41) is 9.54. The van der Waals surface area contributed by atoms with Crippen LogP contribution in [0.4, 0.5) is 0 Å². The van der Waals surface area contributed by atoms with Crippen LogP contribution in [0, 0.1) is 6.92 Å². The molecule has 0 fully saturated rings. The third-order valence-corrected chi connectivity index (χ3v) is 3.54. The largest absolute Gasteiger partial charge is 0.392 e. The summed E-state index contributed by atoms with van der Waals surface area (Å²) < 4.78 is 2.17. The first-order valence-corrected chi connectivity index (χ1v) is 6.11. The molecule has 1 aromatic heterocycles. The van der Waals surface area contributed by atoms with Gasteiger partial charge in [-0.1, -0.05) is 18.2 Å². The van der Waals surface area contributed by atoms with E-state index >= 15 is 0 Å². The first-order valence-electron chi connectivity index (χ1n) is 6.11. The van der Waals surface area contributed by atoms with Crippen molar-refractivity contribution in [1.82, 2.24) is 4.57 Å². The summed E-state index contributed by atoms with van der Waals surface area (Å²) in [6, 6.07) is 8.65. The lowest BCUT2D eigenvalue weighted by atomic mass is 10.0. The number of hydrogen-bond acceptors (Lipinski definition) is 1. The average molecular weight is 227 g/mol. The van der Waals surface area contributed by atoms with Gasteiger partial charge in [0.25, 0.3) is 0 Å². The van der Waals surface area contributed by atoms with E-state index in [4.69, 9.17) is 0 Å². The van der Waals surface area contributed by atoms with Crippen molar-refractivity contribution in [1.29, 1.82) is 0 Å². The highest BCUT2D eigenvalue weighted by Crippen LogP contribution is 2.38. The Hall–Kier alpha value is -1.54. The predicted octanol–water partition coefficient (Wildman–Crippen LogP) is 2.75. The number of fused-ring (bicyclic) bond motifs is 3. The Morgan fingerprint density at radius 1 is 1.35 bits per heavy atom. The summed E-state index contributed by atoms with van der Waals surface area (Å²) in [7, 11) is 0. The van der Waals surface area contributed by atoms with E-state index in [1.807, 2.05) is 6.92 Å². The van der Waals surface area contributed by atoms with Crippen molar-refractivity contribution >= 4 is 0 Å². The van der Waals surface area contributed by atoms with Crippen LogP contribution in [0.15, 0.2) is 30.5 Å². The molecule has 3 rings (SSSR count). The van der Waals surface area contributed by atoms with E-state index < -0.39 is 0 Å². The highest BCUT2D eigenvalue weighted by molar-refractivity contribution is 5.75. The zero-order valence-electron chi connectivity index (χ0n) is 10.3. The van der Waals surface area contributed by atoms with Crippen LogP contribution in [0.5, 0.6) is 0 Å². The topological polar surface area (TPSA) is 25.2 Å². The Bertz CT molecular complexity index is 566. The second kappa shape index (κ2) is 3.74. The van der Waals surface area contributed by atoms with Crippen LogP contribution in [-0.4, -0.2) is 15.8 Å². The normalized spacial score (nSPS) is 14.5. The van der Waals surface area contributed by atoms with Gasteiger partial charge in [-0.2, -0.15) is 0 Å². The van der Waals surface area contributed by atoms with Gasteiger partial charge in [-0.15, -0.1) is 0 Å². The average Bonchev–Trinajstić information content (AvgIpc) is 2.79. The smallest absolute Gasteiger partial charge is 0.0691 e. The van der Waals surface area contributed by atoms with Gasteiger partial charge < -0.3 is 9.67 Å². The van der Waals surface area contributed by atoms with Gasteiger partial charge in [-0.3, -0.25) is 0 Å². The van der Waals surface area contributed by atoms with Crippen molar-refractivity contribution in [2.75, 3.05) is 0 Å². The van der Waals surface area contributed by atoms with E-state index in [0.717, 1.165) is 6.42 Å². The predicted molar refractivity (Wildman–Crippen MR) is 69.1 cm³/mol. The van der Waals surface area contributed by atoms with E-state index in [1.54, 1.807) is 0 Å². The van der Waals surface area contributed by atoms with Crippen molar-refractivity contribution in [2.24, 2.45) is 0 Å². The standard InChI is InChI=1S/C15H17NO/c1-10-4-3-5-13-14(10)8-12-6-7-16(15(12)13)9-11(2)17/h3-7,11,17H,8-9H2,1-2H3/t11-/m0/s1. The van der Waals surface area contributed by atoms with Gasteiger partial charge in [0, 0.05) is 24.7 Å². The fraction of sp³-hybridized carbons (Fsp3) is 0.333. The zero-order chi connectivity index (χ0) is 12.0. The van der Waals surface area contributed by atoms with Gasteiger partial charge in [0.15, 0.2) is 0 Å². The molecule has 1 atom stereocenters. The lowest BCUT2D eigenvalue weighted by Crippen LogP contribution is -2.11. The molecule has 2 heteroatoms. The first kappa shape index (κ1) is 10.6. The van der Waals surface area contributed by atoms with Crippen LogP contribution in [0.25, 0.3) is 11.3 Å². The Kier molecular flexibility index (Phi) is 2.33. The monoisotopic (exact) mass is 227 g/mol. The molecule has 1 aromatic carbocycles. The van der Waals surface area contributed by atoms with Crippen molar-refractivity contribution in [3.05, 3.63) is 47.2 Å². The number of aromatic nitrogens is 1. The number of hydrogen-bond donors (Lipinski definition) is 1. The Morgan fingerprint density at radius 3 is 2.94 bits per heavy atom. The molecule has 1 aliphatic carbocycles. The maximum atomic E-state index is 9.54. The summed E-state index contributed by atoms with van der Waals surface area (Å²) >= 11 is 0. The lowest BCUT2D eigenvalue weighted by Gasteiger charge is -2.11. The number of aryl methyl sites for hydroxylation is 1. The van der Waals surface area contributed by atoms with E-state index in [2.05, 4.69) is 42.0 Å². The van der Waals surface area contributed by atoms with E-state index in [1.165, 1.54) is 27.9 Å². The second-order valence-corrected chi connectivity index (χ2v) is 4.97. The maximum absolute atomic E-state index is 9.54. The molecule has 0 radical (unpaired) electrons. The van der Waals surface area contributed by atoms with Gasteiger partial charge in [0.05, 0.1) is 11.8 Å². The van der Waals surface area contributed by atoms with Gasteiger partial charge in [0.2, 0.25) is 0 Å². The molecule has 0 bridgehead atoms. The van der Waals surface area contributed by atoms with E-state index in [0.29, 0.717) is 6.54 Å². The minimum Gasteiger partial charge on any atom is -0.392 e. The summed E-state index contributed by atoms with van der Waals surface area (Å²) in [4.78, 5) is 0. The highest BCUT2D eigenvalue weighted by atomic mass is 16.3. The van der Waals surface area contributed by atoms with Crippen molar-refractivity contribution in [2.45, 2.75) is 32.9 Å². The molecule has 0 amide bonds. The third-order valence-electron chi connectivity index (χ3n) is 3.54. The van der Waals surface area contributed by atoms with Crippen LogP contribution in [0.1, 0.15) is 23.6 Å². The molecule has 17 heavy (non-hydrogen) atoms. The molecular formula is C15H17NO. The molecule has 0 saturated heterocycles. The summed E-state index contributed by atoms with van der Waals surface area (Å²) in [6.07, 6.45) is 2.81. The first-order chi connectivity index (χ1) is 8.16. The molecule has 2 aromatic rings. The van der Waals surface area contributed by atoms with E-state index in [-0.39, 0.29) is 6.10 Å². The Labute approximate surface area is 102 Å². The molecule has 0 spiro atoms. The number of aliphatic hydroxyl groups is 1. The van der Waals surface area contributed by atoms with Crippen LogP contribution in [-0.2, 0) is 13.0 Å². The molecular weight excluding hydrogens is 210 g/mol. The summed E-state index contributed by atoms with van der Waals surface area (Å²) in [5.74, 6) is 0.